The molecule has 0 aromatic heterocycles. The first-order valence-corrected chi connectivity index (χ1v) is 7.96. The smallest absolute Gasteiger partial charge is 0.253 e. The van der Waals surface area contributed by atoms with Gasteiger partial charge in [-0.2, -0.15) is 0 Å². The van der Waals surface area contributed by atoms with Crippen molar-refractivity contribution in [1.82, 2.24) is 4.90 Å². The van der Waals surface area contributed by atoms with Gasteiger partial charge in [-0.3, -0.25) is 9.59 Å². The number of rotatable bonds is 4. The summed E-state index contributed by atoms with van der Waals surface area (Å²) in [5.41, 5.74) is 7.22. The van der Waals surface area contributed by atoms with Crippen molar-refractivity contribution in [3.63, 3.8) is 0 Å². The third-order valence-corrected chi connectivity index (χ3v) is 4.28. The standard InChI is InChI=1S/C17H25N3O2.ClH/c1-3-16(21)19-15-6-4-5-14(11-15)17(22)20-9-7-13(8-10-20)12(2)18;/h4-6,11-13H,3,7-10,18H2,1-2H3,(H,19,21);1H. The summed E-state index contributed by atoms with van der Waals surface area (Å²) in [5.74, 6) is 0.470. The summed E-state index contributed by atoms with van der Waals surface area (Å²) in [5, 5.41) is 2.79. The zero-order valence-corrected chi connectivity index (χ0v) is 14.6. The maximum Gasteiger partial charge on any atom is 0.253 e. The van der Waals surface area contributed by atoms with Gasteiger partial charge in [-0.15, -0.1) is 12.4 Å². The number of halogens is 1. The molecule has 0 aliphatic carbocycles. The van der Waals surface area contributed by atoms with Crippen molar-refractivity contribution in [1.29, 1.82) is 0 Å². The van der Waals surface area contributed by atoms with Crippen molar-refractivity contribution in [3.05, 3.63) is 29.8 Å². The Bertz CT molecular complexity index is 540. The molecular weight excluding hydrogens is 314 g/mol. The van der Waals surface area contributed by atoms with Crippen LogP contribution in [0.1, 0.15) is 43.5 Å². The van der Waals surface area contributed by atoms with Crippen LogP contribution in [0.15, 0.2) is 24.3 Å². The second-order valence-corrected chi connectivity index (χ2v) is 5.97. The Morgan fingerprint density at radius 2 is 2.00 bits per heavy atom. The molecule has 1 saturated heterocycles. The zero-order valence-electron chi connectivity index (χ0n) is 13.7. The van der Waals surface area contributed by atoms with Crippen LogP contribution in [-0.4, -0.2) is 35.8 Å². The van der Waals surface area contributed by atoms with Crippen LogP contribution in [0, 0.1) is 5.92 Å². The van der Waals surface area contributed by atoms with E-state index >= 15 is 0 Å². The number of hydrogen-bond acceptors (Lipinski definition) is 3. The van der Waals surface area contributed by atoms with E-state index in [1.165, 1.54) is 0 Å². The van der Waals surface area contributed by atoms with Crippen molar-refractivity contribution >= 4 is 29.9 Å². The highest BCUT2D eigenvalue weighted by Gasteiger charge is 2.25. The molecule has 23 heavy (non-hydrogen) atoms. The molecule has 1 aromatic carbocycles. The SMILES string of the molecule is CCC(=O)Nc1cccc(C(=O)N2CCC(C(C)N)CC2)c1.Cl. The second-order valence-electron chi connectivity index (χ2n) is 5.97. The summed E-state index contributed by atoms with van der Waals surface area (Å²) in [4.78, 5) is 25.9. The molecule has 5 nitrogen and oxygen atoms in total. The first-order chi connectivity index (χ1) is 10.5. The first-order valence-electron chi connectivity index (χ1n) is 7.96. The lowest BCUT2D eigenvalue weighted by Crippen LogP contribution is -2.42. The minimum Gasteiger partial charge on any atom is -0.339 e. The highest BCUT2D eigenvalue weighted by atomic mass is 35.5. The van der Waals surface area contributed by atoms with E-state index in [4.69, 9.17) is 5.73 Å². The molecule has 1 fully saturated rings. The molecule has 1 aliphatic rings. The van der Waals surface area contributed by atoms with E-state index in [9.17, 15) is 9.59 Å². The van der Waals surface area contributed by atoms with Gasteiger partial charge in [0.2, 0.25) is 5.91 Å². The van der Waals surface area contributed by atoms with E-state index in [2.05, 4.69) is 5.32 Å². The summed E-state index contributed by atoms with van der Waals surface area (Å²) in [7, 11) is 0. The normalized spacial score (nSPS) is 16.4. The summed E-state index contributed by atoms with van der Waals surface area (Å²) in [6.07, 6.45) is 2.33. The van der Waals surface area contributed by atoms with Crippen LogP contribution in [-0.2, 0) is 4.79 Å². The van der Waals surface area contributed by atoms with Crippen LogP contribution >= 0.6 is 12.4 Å². The number of hydrogen-bond donors (Lipinski definition) is 2. The third-order valence-electron chi connectivity index (χ3n) is 4.28. The predicted octanol–water partition coefficient (Wildman–Crippen LogP) is 2.66. The van der Waals surface area contributed by atoms with Gasteiger partial charge in [0.1, 0.15) is 0 Å². The first kappa shape index (κ1) is 19.5. The van der Waals surface area contributed by atoms with E-state index in [-0.39, 0.29) is 30.3 Å². The minimum absolute atomic E-state index is 0. The van der Waals surface area contributed by atoms with Crippen molar-refractivity contribution in [3.8, 4) is 0 Å². The largest absolute Gasteiger partial charge is 0.339 e. The van der Waals surface area contributed by atoms with Gasteiger partial charge in [-0.25, -0.2) is 0 Å². The third kappa shape index (κ3) is 5.22. The van der Waals surface area contributed by atoms with E-state index < -0.39 is 0 Å². The molecule has 0 spiro atoms. The number of carbonyl (C=O) groups is 2. The lowest BCUT2D eigenvalue weighted by molar-refractivity contribution is -0.115. The molecule has 1 heterocycles. The van der Waals surface area contributed by atoms with E-state index in [0.717, 1.165) is 25.9 Å². The molecule has 1 unspecified atom stereocenters. The van der Waals surface area contributed by atoms with Crippen LogP contribution < -0.4 is 11.1 Å². The Balaban J connectivity index is 0.00000264. The van der Waals surface area contributed by atoms with Crippen LogP contribution in [0.2, 0.25) is 0 Å². The van der Waals surface area contributed by atoms with Crippen LogP contribution in [0.3, 0.4) is 0 Å². The number of nitrogens with two attached hydrogens (primary N) is 1. The van der Waals surface area contributed by atoms with Gasteiger partial charge < -0.3 is 16.0 Å². The van der Waals surface area contributed by atoms with E-state index in [0.29, 0.717) is 23.6 Å². The maximum absolute atomic E-state index is 12.6. The average Bonchev–Trinajstić information content (AvgIpc) is 2.54. The number of anilines is 1. The van der Waals surface area contributed by atoms with Gasteiger partial charge in [0.05, 0.1) is 0 Å². The minimum atomic E-state index is -0.0534. The Morgan fingerprint density at radius 3 is 2.57 bits per heavy atom. The number of nitrogens with one attached hydrogen (secondary N) is 1. The van der Waals surface area contributed by atoms with Gasteiger partial charge in [0, 0.05) is 36.8 Å². The summed E-state index contributed by atoms with van der Waals surface area (Å²) in [6.45, 7) is 5.32. The maximum atomic E-state index is 12.6. The molecule has 0 bridgehead atoms. The van der Waals surface area contributed by atoms with Crippen LogP contribution in [0.5, 0.6) is 0 Å². The Kier molecular flexibility index (Phi) is 7.52. The van der Waals surface area contributed by atoms with E-state index in [1.54, 1.807) is 31.2 Å². The molecule has 128 valence electrons. The molecule has 0 saturated carbocycles. The quantitative estimate of drug-likeness (QED) is 0.885. The molecular formula is C17H26ClN3O2. The Morgan fingerprint density at radius 1 is 1.35 bits per heavy atom. The summed E-state index contributed by atoms with van der Waals surface area (Å²) < 4.78 is 0. The topological polar surface area (TPSA) is 75.4 Å². The molecule has 2 rings (SSSR count). The van der Waals surface area contributed by atoms with Gasteiger partial charge >= 0.3 is 0 Å². The predicted molar refractivity (Wildman–Crippen MR) is 94.9 cm³/mol. The molecule has 1 atom stereocenters. The van der Waals surface area contributed by atoms with Crippen LogP contribution in [0.25, 0.3) is 0 Å². The zero-order chi connectivity index (χ0) is 16.1. The summed E-state index contributed by atoms with van der Waals surface area (Å²) in [6, 6.07) is 7.32. The fourth-order valence-corrected chi connectivity index (χ4v) is 2.79. The fraction of sp³-hybridized carbons (Fsp3) is 0.529. The molecule has 1 aromatic rings. The number of piperidine rings is 1. The van der Waals surface area contributed by atoms with E-state index in [1.807, 2.05) is 11.8 Å². The number of likely N-dealkylation sites (tertiary alicyclic amines) is 1. The van der Waals surface area contributed by atoms with Gasteiger partial charge in [-0.05, 0) is 43.9 Å². The number of nitrogens with zero attached hydrogens (tertiary/aromatic N) is 1. The Hall–Kier alpha value is -1.59. The van der Waals surface area contributed by atoms with Gasteiger partial charge in [-0.1, -0.05) is 13.0 Å². The molecule has 0 radical (unpaired) electrons. The van der Waals surface area contributed by atoms with Gasteiger partial charge in [0.15, 0.2) is 0 Å². The average molecular weight is 340 g/mol. The highest BCUT2D eigenvalue weighted by Crippen LogP contribution is 2.22. The van der Waals surface area contributed by atoms with Gasteiger partial charge in [0.25, 0.3) is 5.91 Å². The van der Waals surface area contributed by atoms with Crippen molar-refractivity contribution in [2.75, 3.05) is 18.4 Å². The van der Waals surface area contributed by atoms with Crippen molar-refractivity contribution in [2.24, 2.45) is 11.7 Å². The molecule has 3 N–H and O–H groups in total. The second kappa shape index (κ2) is 8.89. The van der Waals surface area contributed by atoms with Crippen molar-refractivity contribution in [2.45, 2.75) is 39.2 Å². The highest BCUT2D eigenvalue weighted by molar-refractivity contribution is 5.97. The summed E-state index contributed by atoms with van der Waals surface area (Å²) >= 11 is 0. The fourth-order valence-electron chi connectivity index (χ4n) is 2.79. The molecule has 6 heteroatoms. The van der Waals surface area contributed by atoms with Crippen molar-refractivity contribution < 1.29 is 9.59 Å². The number of benzene rings is 1. The number of carbonyl (C=O) groups excluding carboxylic acids is 2. The number of amides is 2. The van der Waals surface area contributed by atoms with Crippen LogP contribution in [0.4, 0.5) is 5.69 Å². The lowest BCUT2D eigenvalue weighted by atomic mass is 9.90. The lowest BCUT2D eigenvalue weighted by Gasteiger charge is -2.33. The molecule has 1 aliphatic heterocycles. The monoisotopic (exact) mass is 339 g/mol. The Labute approximate surface area is 144 Å². The molecule has 2 amide bonds.